The Balaban J connectivity index is 1.78. The van der Waals surface area contributed by atoms with Crippen LogP contribution in [0, 0.1) is 17.8 Å². The maximum absolute atomic E-state index is 12.2. The summed E-state index contributed by atoms with van der Waals surface area (Å²) in [5, 5.41) is 12.1. The second-order valence-corrected chi connectivity index (χ2v) is 6.36. The summed E-state index contributed by atoms with van der Waals surface area (Å²) in [6.07, 6.45) is 7.04. The molecule has 20 heavy (non-hydrogen) atoms. The van der Waals surface area contributed by atoms with Crippen molar-refractivity contribution in [1.82, 2.24) is 5.32 Å². The van der Waals surface area contributed by atoms with Crippen LogP contribution in [-0.4, -0.2) is 29.6 Å². The number of carboxylic acid groups (broad SMARTS) is 1. The van der Waals surface area contributed by atoms with Crippen molar-refractivity contribution in [3.63, 3.8) is 0 Å². The van der Waals surface area contributed by atoms with Gasteiger partial charge in [-0.1, -0.05) is 6.42 Å². The normalized spacial score (nSPS) is 34.5. The number of carbonyl (C=O) groups is 2. The number of nitrogens with one attached hydrogen (secondary N) is 1. The minimum Gasteiger partial charge on any atom is -0.481 e. The maximum atomic E-state index is 12.2. The molecule has 5 heteroatoms. The molecule has 0 aromatic rings. The Kier molecular flexibility index (Phi) is 5.40. The molecule has 0 spiro atoms. The van der Waals surface area contributed by atoms with E-state index >= 15 is 0 Å². The molecule has 0 radical (unpaired) electrons. The van der Waals surface area contributed by atoms with Crippen LogP contribution in [0.5, 0.6) is 0 Å². The lowest BCUT2D eigenvalue weighted by Crippen LogP contribution is -2.43. The molecule has 0 aliphatic heterocycles. The van der Waals surface area contributed by atoms with Gasteiger partial charge in [0.2, 0.25) is 5.91 Å². The van der Waals surface area contributed by atoms with E-state index in [0.717, 1.165) is 51.5 Å². The zero-order valence-corrected chi connectivity index (χ0v) is 12.0. The van der Waals surface area contributed by atoms with Gasteiger partial charge >= 0.3 is 5.97 Å². The van der Waals surface area contributed by atoms with Crippen molar-refractivity contribution in [3.05, 3.63) is 0 Å². The van der Waals surface area contributed by atoms with E-state index in [9.17, 15) is 9.59 Å². The first-order valence-corrected chi connectivity index (χ1v) is 7.83. The van der Waals surface area contributed by atoms with Gasteiger partial charge in [0, 0.05) is 12.0 Å². The summed E-state index contributed by atoms with van der Waals surface area (Å²) in [4.78, 5) is 23.3. The van der Waals surface area contributed by atoms with Gasteiger partial charge in [0.1, 0.15) is 0 Å². The quantitative estimate of drug-likeness (QED) is 0.728. The Morgan fingerprint density at radius 1 is 1.05 bits per heavy atom. The van der Waals surface area contributed by atoms with E-state index in [1.807, 2.05) is 0 Å². The molecule has 0 aromatic carbocycles. The third kappa shape index (κ3) is 3.95. The van der Waals surface area contributed by atoms with E-state index in [1.54, 1.807) is 0 Å². The number of amides is 1. The molecular formula is C15H26N2O3. The highest BCUT2D eigenvalue weighted by Crippen LogP contribution is 2.29. The molecule has 0 heterocycles. The molecule has 2 saturated carbocycles. The predicted molar refractivity (Wildman–Crippen MR) is 76.0 cm³/mol. The maximum Gasteiger partial charge on any atom is 0.306 e. The van der Waals surface area contributed by atoms with Crippen LogP contribution in [0.4, 0.5) is 0 Å². The average molecular weight is 282 g/mol. The predicted octanol–water partition coefficient (Wildman–Crippen LogP) is 1.51. The molecule has 2 unspecified atom stereocenters. The minimum absolute atomic E-state index is 0.0459. The van der Waals surface area contributed by atoms with E-state index < -0.39 is 5.97 Å². The van der Waals surface area contributed by atoms with Crippen LogP contribution >= 0.6 is 0 Å². The summed E-state index contributed by atoms with van der Waals surface area (Å²) in [6.45, 7) is 0.719. The zero-order chi connectivity index (χ0) is 14.5. The van der Waals surface area contributed by atoms with Gasteiger partial charge in [-0.05, 0) is 57.4 Å². The first-order valence-electron chi connectivity index (χ1n) is 7.83. The Bertz CT molecular complexity index is 351. The number of carboxylic acids is 1. The lowest BCUT2D eigenvalue weighted by Gasteiger charge is -2.31. The van der Waals surface area contributed by atoms with Crippen molar-refractivity contribution in [2.45, 2.75) is 57.4 Å². The van der Waals surface area contributed by atoms with Crippen LogP contribution in [0.25, 0.3) is 0 Å². The molecule has 2 aliphatic rings. The second-order valence-electron chi connectivity index (χ2n) is 6.36. The first-order chi connectivity index (χ1) is 9.60. The summed E-state index contributed by atoms with van der Waals surface area (Å²) >= 11 is 0. The third-order valence-corrected chi connectivity index (χ3v) is 4.92. The summed E-state index contributed by atoms with van der Waals surface area (Å²) in [5.74, 6) is -0.223. The number of nitrogens with two attached hydrogens (primary N) is 1. The first kappa shape index (κ1) is 15.3. The fourth-order valence-corrected chi connectivity index (χ4v) is 3.52. The Morgan fingerprint density at radius 3 is 2.35 bits per heavy atom. The molecule has 0 bridgehead atoms. The van der Waals surface area contributed by atoms with Gasteiger partial charge in [0.15, 0.2) is 0 Å². The van der Waals surface area contributed by atoms with Gasteiger partial charge in [0.05, 0.1) is 5.92 Å². The Labute approximate surface area is 120 Å². The lowest BCUT2D eigenvalue weighted by atomic mass is 9.81. The van der Waals surface area contributed by atoms with E-state index in [1.165, 1.54) is 0 Å². The van der Waals surface area contributed by atoms with Crippen LogP contribution in [0.15, 0.2) is 0 Å². The van der Waals surface area contributed by atoms with Crippen LogP contribution in [-0.2, 0) is 9.59 Å². The number of hydrogen-bond donors (Lipinski definition) is 3. The summed E-state index contributed by atoms with van der Waals surface area (Å²) in [5.41, 5.74) is 5.66. The summed E-state index contributed by atoms with van der Waals surface area (Å²) in [7, 11) is 0. The highest BCUT2D eigenvalue weighted by Gasteiger charge is 2.31. The minimum atomic E-state index is -0.729. The largest absolute Gasteiger partial charge is 0.481 e. The number of rotatable bonds is 4. The van der Waals surface area contributed by atoms with E-state index in [-0.39, 0.29) is 23.8 Å². The van der Waals surface area contributed by atoms with Gasteiger partial charge < -0.3 is 16.2 Å². The van der Waals surface area contributed by atoms with Crippen LogP contribution in [0.3, 0.4) is 0 Å². The third-order valence-electron chi connectivity index (χ3n) is 4.92. The average Bonchev–Trinajstić information content (AvgIpc) is 2.47. The zero-order valence-electron chi connectivity index (χ0n) is 12.0. The van der Waals surface area contributed by atoms with Gasteiger partial charge in [-0.2, -0.15) is 0 Å². The topological polar surface area (TPSA) is 92.4 Å². The van der Waals surface area contributed by atoms with Crippen LogP contribution in [0.1, 0.15) is 51.4 Å². The monoisotopic (exact) mass is 282 g/mol. The van der Waals surface area contributed by atoms with Crippen molar-refractivity contribution < 1.29 is 14.7 Å². The standard InChI is InChI=1S/C15H26N2O3/c16-9-10-4-6-11(7-5-10)14(18)17-13-3-1-2-12(8-13)15(19)20/h10-13H,1-9,16H2,(H,17,18)(H,19,20). The molecule has 0 saturated heterocycles. The molecule has 0 aromatic heterocycles. The molecule has 5 nitrogen and oxygen atoms in total. The highest BCUT2D eigenvalue weighted by molar-refractivity contribution is 5.79. The molecule has 4 N–H and O–H groups in total. The second kappa shape index (κ2) is 7.07. The van der Waals surface area contributed by atoms with E-state index in [2.05, 4.69) is 5.32 Å². The number of carbonyl (C=O) groups excluding carboxylic acids is 1. The molecule has 2 rings (SSSR count). The van der Waals surface area contributed by atoms with Crippen molar-refractivity contribution in [3.8, 4) is 0 Å². The van der Waals surface area contributed by atoms with Crippen molar-refractivity contribution in [1.29, 1.82) is 0 Å². The Morgan fingerprint density at radius 2 is 1.75 bits per heavy atom. The lowest BCUT2D eigenvalue weighted by molar-refractivity contribution is -0.143. The SMILES string of the molecule is NCC1CCC(C(=O)NC2CCCC(C(=O)O)C2)CC1. The highest BCUT2D eigenvalue weighted by atomic mass is 16.4. The van der Waals surface area contributed by atoms with Gasteiger partial charge in [-0.3, -0.25) is 9.59 Å². The fraction of sp³-hybridized carbons (Fsp3) is 0.867. The van der Waals surface area contributed by atoms with Crippen molar-refractivity contribution >= 4 is 11.9 Å². The summed E-state index contributed by atoms with van der Waals surface area (Å²) in [6, 6.07) is 0.0459. The smallest absolute Gasteiger partial charge is 0.306 e. The fourth-order valence-electron chi connectivity index (χ4n) is 3.52. The molecular weight excluding hydrogens is 256 g/mol. The number of hydrogen-bond acceptors (Lipinski definition) is 3. The van der Waals surface area contributed by atoms with Gasteiger partial charge in [-0.15, -0.1) is 0 Å². The molecule has 2 fully saturated rings. The van der Waals surface area contributed by atoms with Gasteiger partial charge in [-0.25, -0.2) is 0 Å². The number of aliphatic carboxylic acids is 1. The molecule has 1 amide bonds. The Hall–Kier alpha value is -1.10. The molecule has 2 atom stereocenters. The van der Waals surface area contributed by atoms with E-state index in [4.69, 9.17) is 10.8 Å². The van der Waals surface area contributed by atoms with Crippen LogP contribution in [0.2, 0.25) is 0 Å². The molecule has 2 aliphatic carbocycles. The van der Waals surface area contributed by atoms with Gasteiger partial charge in [0.25, 0.3) is 0 Å². The summed E-state index contributed by atoms with van der Waals surface area (Å²) < 4.78 is 0. The van der Waals surface area contributed by atoms with Crippen molar-refractivity contribution in [2.75, 3.05) is 6.54 Å². The van der Waals surface area contributed by atoms with Crippen molar-refractivity contribution in [2.24, 2.45) is 23.5 Å². The molecule has 114 valence electrons. The van der Waals surface area contributed by atoms with Crippen LogP contribution < -0.4 is 11.1 Å². The van der Waals surface area contributed by atoms with E-state index in [0.29, 0.717) is 12.3 Å².